The number of aromatic nitrogens is 4. The molecule has 2 aromatic heterocycles. The molecule has 25 heavy (non-hydrogen) atoms. The summed E-state index contributed by atoms with van der Waals surface area (Å²) in [5, 5.41) is 5.81. The number of fused-ring (bicyclic) bond motifs is 1. The number of hydrogen-bond donors (Lipinski definition) is 0. The maximum absolute atomic E-state index is 6.34. The van der Waals surface area contributed by atoms with Gasteiger partial charge >= 0.3 is 0 Å². The van der Waals surface area contributed by atoms with Gasteiger partial charge in [-0.25, -0.2) is 9.50 Å². The average Bonchev–Trinajstić information content (AvgIpc) is 3.06. The van der Waals surface area contributed by atoms with Crippen LogP contribution in [-0.4, -0.2) is 37.6 Å². The van der Waals surface area contributed by atoms with Gasteiger partial charge in [0.1, 0.15) is 6.33 Å². The van der Waals surface area contributed by atoms with Crippen LogP contribution < -0.4 is 0 Å². The first-order valence-corrected chi connectivity index (χ1v) is 9.20. The summed E-state index contributed by atoms with van der Waals surface area (Å²) in [4.78, 5) is 11.1. The normalized spacial score (nSPS) is 18.8. The third kappa shape index (κ3) is 3.36. The molecule has 1 atom stereocenters. The maximum Gasteiger partial charge on any atom is 0.252 e. The summed E-state index contributed by atoms with van der Waals surface area (Å²) >= 11 is 12.7. The van der Waals surface area contributed by atoms with Crippen LogP contribution in [0.4, 0.5) is 0 Å². The van der Waals surface area contributed by atoms with E-state index in [0.717, 1.165) is 53.8 Å². The summed E-state index contributed by atoms with van der Waals surface area (Å²) < 4.78 is 1.86. The molecule has 7 heteroatoms. The van der Waals surface area contributed by atoms with Gasteiger partial charge in [-0.05, 0) is 44.5 Å². The van der Waals surface area contributed by atoms with Crippen LogP contribution in [0, 0.1) is 6.92 Å². The number of rotatable bonds is 3. The Hall–Kier alpha value is -1.69. The van der Waals surface area contributed by atoms with Crippen molar-refractivity contribution >= 4 is 29.0 Å². The summed E-state index contributed by atoms with van der Waals surface area (Å²) in [6, 6.07) is 7.80. The Labute approximate surface area is 156 Å². The Bertz CT molecular complexity index is 887. The van der Waals surface area contributed by atoms with E-state index in [1.54, 1.807) is 6.33 Å². The van der Waals surface area contributed by atoms with Crippen LogP contribution in [0.3, 0.4) is 0 Å². The molecule has 0 bridgehead atoms. The van der Waals surface area contributed by atoms with E-state index >= 15 is 0 Å². The lowest BCUT2D eigenvalue weighted by molar-refractivity contribution is 0.197. The van der Waals surface area contributed by atoms with E-state index in [9.17, 15) is 0 Å². The van der Waals surface area contributed by atoms with Crippen LogP contribution in [0.25, 0.3) is 5.78 Å². The standard InChI is InChI=1S/C18H19Cl2N5/c1-12-8-17(25-18(23-12)21-11-22-25)13-4-3-7-24(9-13)10-14-15(19)5-2-6-16(14)20/h2,5-6,8,11,13H,3-4,7,9-10H2,1H3. The van der Waals surface area contributed by atoms with E-state index in [4.69, 9.17) is 23.2 Å². The average molecular weight is 376 g/mol. The Balaban J connectivity index is 1.59. The summed E-state index contributed by atoms with van der Waals surface area (Å²) in [6.45, 7) is 4.75. The largest absolute Gasteiger partial charge is 0.298 e. The van der Waals surface area contributed by atoms with Crippen LogP contribution in [-0.2, 0) is 6.54 Å². The van der Waals surface area contributed by atoms with Gasteiger partial charge in [0.05, 0.1) is 5.69 Å². The SMILES string of the molecule is Cc1cc(C2CCCN(Cc3c(Cl)cccc3Cl)C2)n2ncnc2n1. The first-order valence-electron chi connectivity index (χ1n) is 8.44. The second-order valence-corrected chi connectivity index (χ2v) is 7.38. The van der Waals surface area contributed by atoms with Gasteiger partial charge in [-0.3, -0.25) is 4.90 Å². The van der Waals surface area contributed by atoms with E-state index in [2.05, 4.69) is 26.0 Å². The molecule has 0 radical (unpaired) electrons. The lowest BCUT2D eigenvalue weighted by Gasteiger charge is -2.33. The maximum atomic E-state index is 6.34. The van der Waals surface area contributed by atoms with E-state index in [0.29, 0.717) is 11.7 Å². The number of aryl methyl sites for hydroxylation is 1. The fourth-order valence-electron chi connectivity index (χ4n) is 3.60. The second kappa shape index (κ2) is 6.90. The molecule has 4 rings (SSSR count). The zero-order chi connectivity index (χ0) is 17.4. The lowest BCUT2D eigenvalue weighted by atomic mass is 9.93. The summed E-state index contributed by atoms with van der Waals surface area (Å²) in [5.74, 6) is 1.06. The highest BCUT2D eigenvalue weighted by Gasteiger charge is 2.25. The summed E-state index contributed by atoms with van der Waals surface area (Å²) in [7, 11) is 0. The number of benzene rings is 1. The van der Waals surface area contributed by atoms with E-state index in [1.165, 1.54) is 5.69 Å². The Morgan fingerprint density at radius 1 is 1.24 bits per heavy atom. The minimum atomic E-state index is 0.390. The van der Waals surface area contributed by atoms with Crippen molar-refractivity contribution < 1.29 is 0 Å². The first kappa shape index (κ1) is 16.8. The van der Waals surface area contributed by atoms with Crippen molar-refractivity contribution in [2.24, 2.45) is 0 Å². The molecule has 1 aliphatic heterocycles. The number of nitrogens with zero attached hydrogens (tertiary/aromatic N) is 5. The predicted octanol–water partition coefficient (Wildman–Crippen LogP) is 4.12. The number of hydrogen-bond acceptors (Lipinski definition) is 4. The molecule has 0 aliphatic carbocycles. The number of likely N-dealkylation sites (tertiary alicyclic amines) is 1. The summed E-state index contributed by atoms with van der Waals surface area (Å²) in [5.41, 5.74) is 3.15. The van der Waals surface area contributed by atoms with E-state index in [-0.39, 0.29) is 0 Å². The smallest absolute Gasteiger partial charge is 0.252 e. The van der Waals surface area contributed by atoms with Crippen molar-refractivity contribution in [3.05, 3.63) is 57.6 Å². The molecule has 0 N–H and O–H groups in total. The molecule has 5 nitrogen and oxygen atoms in total. The first-order chi connectivity index (χ1) is 12.1. The molecule has 0 amide bonds. The third-order valence-corrected chi connectivity index (χ3v) is 5.48. The molecule has 130 valence electrons. The van der Waals surface area contributed by atoms with Crippen molar-refractivity contribution in [3.8, 4) is 0 Å². The predicted molar refractivity (Wildman–Crippen MR) is 99.2 cm³/mol. The van der Waals surface area contributed by atoms with Gasteiger partial charge < -0.3 is 0 Å². The van der Waals surface area contributed by atoms with Gasteiger partial charge in [0.2, 0.25) is 0 Å². The Morgan fingerprint density at radius 3 is 2.84 bits per heavy atom. The highest BCUT2D eigenvalue weighted by molar-refractivity contribution is 6.35. The van der Waals surface area contributed by atoms with Crippen LogP contribution in [0.5, 0.6) is 0 Å². The minimum absolute atomic E-state index is 0.390. The number of piperidine rings is 1. The quantitative estimate of drug-likeness (QED) is 0.690. The van der Waals surface area contributed by atoms with Crippen LogP contribution in [0.2, 0.25) is 10.0 Å². The van der Waals surface area contributed by atoms with Crippen molar-refractivity contribution in [2.75, 3.05) is 13.1 Å². The van der Waals surface area contributed by atoms with Crippen molar-refractivity contribution in [2.45, 2.75) is 32.2 Å². The number of halogens is 2. The van der Waals surface area contributed by atoms with E-state index in [1.807, 2.05) is 29.6 Å². The van der Waals surface area contributed by atoms with Crippen molar-refractivity contribution in [1.82, 2.24) is 24.5 Å². The molecule has 3 aromatic rings. The van der Waals surface area contributed by atoms with Gasteiger partial charge in [0, 0.05) is 40.3 Å². The zero-order valence-corrected chi connectivity index (χ0v) is 15.5. The van der Waals surface area contributed by atoms with Crippen molar-refractivity contribution in [1.29, 1.82) is 0 Å². The van der Waals surface area contributed by atoms with Gasteiger partial charge in [-0.1, -0.05) is 29.3 Å². The van der Waals surface area contributed by atoms with E-state index < -0.39 is 0 Å². The molecule has 1 aromatic carbocycles. The monoisotopic (exact) mass is 375 g/mol. The van der Waals surface area contributed by atoms with Gasteiger partial charge in [0.25, 0.3) is 5.78 Å². The lowest BCUT2D eigenvalue weighted by Crippen LogP contribution is -2.34. The second-order valence-electron chi connectivity index (χ2n) is 6.57. The highest BCUT2D eigenvalue weighted by Crippen LogP contribution is 2.31. The molecule has 1 fully saturated rings. The minimum Gasteiger partial charge on any atom is -0.298 e. The Kier molecular flexibility index (Phi) is 4.63. The Morgan fingerprint density at radius 2 is 2.04 bits per heavy atom. The third-order valence-electron chi connectivity index (χ3n) is 4.77. The fourth-order valence-corrected chi connectivity index (χ4v) is 4.11. The van der Waals surface area contributed by atoms with Gasteiger partial charge in [-0.2, -0.15) is 10.1 Å². The van der Waals surface area contributed by atoms with Crippen LogP contribution in [0.1, 0.15) is 35.7 Å². The molecule has 0 saturated carbocycles. The zero-order valence-electron chi connectivity index (χ0n) is 14.0. The van der Waals surface area contributed by atoms with Crippen LogP contribution >= 0.6 is 23.2 Å². The molecular formula is C18H19Cl2N5. The van der Waals surface area contributed by atoms with Crippen molar-refractivity contribution in [3.63, 3.8) is 0 Å². The molecule has 0 spiro atoms. The van der Waals surface area contributed by atoms with Gasteiger partial charge in [0.15, 0.2) is 0 Å². The topological polar surface area (TPSA) is 46.3 Å². The molecule has 1 unspecified atom stereocenters. The molecule has 1 aliphatic rings. The fraction of sp³-hybridized carbons (Fsp3) is 0.389. The molecule has 1 saturated heterocycles. The summed E-state index contributed by atoms with van der Waals surface area (Å²) in [6.07, 6.45) is 3.82. The van der Waals surface area contributed by atoms with Crippen LogP contribution in [0.15, 0.2) is 30.6 Å². The van der Waals surface area contributed by atoms with Gasteiger partial charge in [-0.15, -0.1) is 0 Å². The highest BCUT2D eigenvalue weighted by atomic mass is 35.5. The molecular weight excluding hydrogens is 357 g/mol. The molecule has 3 heterocycles.